The molecular weight excluding hydrogens is 268 g/mol. The van der Waals surface area contributed by atoms with Crippen molar-refractivity contribution in [2.24, 2.45) is 0 Å². The molecule has 0 aliphatic carbocycles. The average Bonchev–Trinajstić information content (AvgIpc) is 2.40. The van der Waals surface area contributed by atoms with Crippen LogP contribution in [0.4, 0.5) is 5.69 Å². The number of nitro groups is 1. The van der Waals surface area contributed by atoms with Crippen LogP contribution in [0, 0.1) is 10.1 Å². The van der Waals surface area contributed by atoms with Gasteiger partial charge in [0.1, 0.15) is 5.56 Å². The smallest absolute Gasteiger partial charge is 0.282 e. The third kappa shape index (κ3) is 3.93. The summed E-state index contributed by atoms with van der Waals surface area (Å²) < 4.78 is 0. The van der Waals surface area contributed by atoms with Crippen molar-refractivity contribution < 1.29 is 14.8 Å². The number of rotatable bonds is 6. The van der Waals surface area contributed by atoms with Crippen molar-refractivity contribution in [2.45, 2.75) is 18.2 Å². The van der Waals surface area contributed by atoms with Crippen LogP contribution in [0.15, 0.2) is 24.3 Å². The van der Waals surface area contributed by atoms with E-state index >= 15 is 0 Å². The molecule has 0 radical (unpaired) electrons. The quantitative estimate of drug-likeness (QED) is 0.609. The topological polar surface area (TPSA) is 92.5 Å². The van der Waals surface area contributed by atoms with Crippen LogP contribution in [0.3, 0.4) is 0 Å². The number of nitrogens with zero attached hydrogens (tertiary/aromatic N) is 1. The molecule has 1 amide bonds. The highest BCUT2D eigenvalue weighted by atomic mass is 32.2. The fourth-order valence-electron chi connectivity index (χ4n) is 1.64. The minimum Gasteiger partial charge on any atom is -0.395 e. The first-order valence-electron chi connectivity index (χ1n) is 5.69. The van der Waals surface area contributed by atoms with Gasteiger partial charge in [0, 0.05) is 17.4 Å². The molecule has 0 aliphatic rings. The molecule has 1 rings (SSSR count). The van der Waals surface area contributed by atoms with Gasteiger partial charge < -0.3 is 10.4 Å². The van der Waals surface area contributed by atoms with Gasteiger partial charge in [0.15, 0.2) is 0 Å². The zero-order valence-corrected chi connectivity index (χ0v) is 11.5. The molecule has 2 N–H and O–H groups in total. The van der Waals surface area contributed by atoms with Crippen molar-refractivity contribution in [1.29, 1.82) is 0 Å². The maximum Gasteiger partial charge on any atom is 0.282 e. The molecule has 2 unspecified atom stereocenters. The van der Waals surface area contributed by atoms with Crippen molar-refractivity contribution in [1.82, 2.24) is 5.32 Å². The lowest BCUT2D eigenvalue weighted by Gasteiger charge is -2.21. The predicted molar refractivity (Wildman–Crippen MR) is 74.4 cm³/mol. The highest BCUT2D eigenvalue weighted by molar-refractivity contribution is 7.99. The Hall–Kier alpha value is -1.60. The molecule has 0 heterocycles. The van der Waals surface area contributed by atoms with Gasteiger partial charge in [-0.15, -0.1) is 0 Å². The van der Waals surface area contributed by atoms with Gasteiger partial charge in [-0.1, -0.05) is 12.1 Å². The molecule has 6 nitrogen and oxygen atoms in total. The zero-order chi connectivity index (χ0) is 14.4. The molecule has 0 bridgehead atoms. The molecular formula is C12H16N2O4S. The Bertz CT molecular complexity index is 463. The molecule has 1 aromatic carbocycles. The Morgan fingerprint density at radius 2 is 2.16 bits per heavy atom. The molecule has 1 aromatic rings. The summed E-state index contributed by atoms with van der Waals surface area (Å²) in [6, 6.07) is 5.50. The van der Waals surface area contributed by atoms with E-state index in [2.05, 4.69) is 5.32 Å². The highest BCUT2D eigenvalue weighted by Crippen LogP contribution is 2.18. The van der Waals surface area contributed by atoms with Crippen molar-refractivity contribution in [3.8, 4) is 0 Å². The summed E-state index contributed by atoms with van der Waals surface area (Å²) in [5, 5.41) is 22.5. The summed E-state index contributed by atoms with van der Waals surface area (Å²) in [6.45, 7) is 1.68. The van der Waals surface area contributed by atoms with Gasteiger partial charge in [-0.3, -0.25) is 14.9 Å². The number of hydrogen-bond donors (Lipinski definition) is 2. The molecule has 0 spiro atoms. The van der Waals surface area contributed by atoms with Crippen LogP contribution < -0.4 is 5.32 Å². The molecule has 19 heavy (non-hydrogen) atoms. The first kappa shape index (κ1) is 15.5. The predicted octanol–water partition coefficient (Wildman–Crippen LogP) is 1.44. The van der Waals surface area contributed by atoms with E-state index in [1.165, 1.54) is 30.0 Å². The van der Waals surface area contributed by atoms with E-state index in [1.807, 2.05) is 6.26 Å². The Morgan fingerprint density at radius 1 is 1.53 bits per heavy atom. The number of thioether (sulfide) groups is 1. The molecule has 2 atom stereocenters. The van der Waals surface area contributed by atoms with E-state index in [1.54, 1.807) is 13.0 Å². The van der Waals surface area contributed by atoms with Crippen molar-refractivity contribution >= 4 is 23.4 Å². The third-order valence-corrected chi connectivity index (χ3v) is 3.91. The fraction of sp³-hybridized carbons (Fsp3) is 0.417. The lowest BCUT2D eigenvalue weighted by Crippen LogP contribution is -2.41. The molecule has 0 fully saturated rings. The summed E-state index contributed by atoms with van der Waals surface area (Å²) >= 11 is 1.43. The lowest BCUT2D eigenvalue weighted by molar-refractivity contribution is -0.385. The van der Waals surface area contributed by atoms with Gasteiger partial charge in [-0.05, 0) is 19.2 Å². The van der Waals surface area contributed by atoms with Crippen LogP contribution in [0.25, 0.3) is 0 Å². The van der Waals surface area contributed by atoms with Gasteiger partial charge >= 0.3 is 0 Å². The first-order chi connectivity index (χ1) is 9.01. The van der Waals surface area contributed by atoms with E-state index in [4.69, 9.17) is 5.11 Å². The van der Waals surface area contributed by atoms with Crippen molar-refractivity contribution in [2.75, 3.05) is 12.9 Å². The normalized spacial score (nSPS) is 13.6. The Kier molecular flexibility index (Phi) is 5.78. The van der Waals surface area contributed by atoms with Crippen LogP contribution in [-0.4, -0.2) is 40.1 Å². The lowest BCUT2D eigenvalue weighted by atomic mass is 10.1. The number of amides is 1. The second-order valence-corrected chi connectivity index (χ2v) is 5.07. The molecule has 104 valence electrons. The van der Waals surface area contributed by atoms with E-state index < -0.39 is 10.8 Å². The average molecular weight is 284 g/mol. The number of benzene rings is 1. The maximum atomic E-state index is 12.0. The molecule has 0 saturated heterocycles. The standard InChI is InChI=1S/C12H16N2O4S/c1-8(11(7-15)19-2)13-12(16)9-5-3-4-6-10(9)14(17)18/h3-6,8,11,15H,7H2,1-2H3,(H,13,16). The first-order valence-corrected chi connectivity index (χ1v) is 6.98. The minimum absolute atomic E-state index is 0.0251. The van der Waals surface area contributed by atoms with Gasteiger partial charge in [-0.2, -0.15) is 11.8 Å². The van der Waals surface area contributed by atoms with Crippen LogP contribution in [-0.2, 0) is 0 Å². The van der Waals surface area contributed by atoms with E-state index in [0.717, 1.165) is 0 Å². The van der Waals surface area contributed by atoms with Gasteiger partial charge in [0.05, 0.1) is 11.5 Å². The maximum absolute atomic E-state index is 12.0. The zero-order valence-electron chi connectivity index (χ0n) is 10.7. The molecule has 0 aromatic heterocycles. The molecule has 0 aliphatic heterocycles. The van der Waals surface area contributed by atoms with Crippen LogP contribution in [0.2, 0.25) is 0 Å². The van der Waals surface area contributed by atoms with E-state index in [9.17, 15) is 14.9 Å². The fourth-order valence-corrected chi connectivity index (χ4v) is 2.26. The number of para-hydroxylation sites is 1. The minimum atomic E-state index is -0.586. The number of aliphatic hydroxyl groups is 1. The van der Waals surface area contributed by atoms with Gasteiger partial charge in [-0.25, -0.2) is 0 Å². The Labute approximate surface area is 115 Å². The van der Waals surface area contributed by atoms with Crippen LogP contribution in [0.5, 0.6) is 0 Å². The summed E-state index contributed by atoms with van der Waals surface area (Å²) in [7, 11) is 0. The number of nitro benzene ring substituents is 1. The Morgan fingerprint density at radius 3 is 2.68 bits per heavy atom. The Balaban J connectivity index is 2.87. The SMILES string of the molecule is CSC(CO)C(C)NC(=O)c1ccccc1[N+](=O)[O-]. The second kappa shape index (κ2) is 7.10. The van der Waals surface area contributed by atoms with Crippen LogP contribution in [0.1, 0.15) is 17.3 Å². The third-order valence-electron chi connectivity index (χ3n) is 2.74. The van der Waals surface area contributed by atoms with E-state index in [0.29, 0.717) is 0 Å². The van der Waals surface area contributed by atoms with Crippen molar-refractivity contribution in [3.63, 3.8) is 0 Å². The highest BCUT2D eigenvalue weighted by Gasteiger charge is 2.23. The molecule has 0 saturated carbocycles. The number of nitrogens with one attached hydrogen (secondary N) is 1. The number of hydrogen-bond acceptors (Lipinski definition) is 5. The van der Waals surface area contributed by atoms with Crippen LogP contribution >= 0.6 is 11.8 Å². The summed E-state index contributed by atoms with van der Waals surface area (Å²) in [5.74, 6) is -0.507. The summed E-state index contributed by atoms with van der Waals surface area (Å²) in [6.07, 6.45) is 1.83. The summed E-state index contributed by atoms with van der Waals surface area (Å²) in [5.41, 5.74) is -0.200. The van der Waals surface area contributed by atoms with Gasteiger partial charge in [0.25, 0.3) is 11.6 Å². The number of aliphatic hydroxyl groups excluding tert-OH is 1. The van der Waals surface area contributed by atoms with Gasteiger partial charge in [0.2, 0.25) is 0 Å². The second-order valence-electron chi connectivity index (χ2n) is 3.99. The van der Waals surface area contributed by atoms with E-state index in [-0.39, 0.29) is 29.1 Å². The molecule has 7 heteroatoms. The largest absolute Gasteiger partial charge is 0.395 e. The number of carbonyl (C=O) groups is 1. The van der Waals surface area contributed by atoms with Crippen molar-refractivity contribution in [3.05, 3.63) is 39.9 Å². The monoisotopic (exact) mass is 284 g/mol. The summed E-state index contributed by atoms with van der Waals surface area (Å²) in [4.78, 5) is 22.3. The number of carbonyl (C=O) groups excluding carboxylic acids is 1.